The third kappa shape index (κ3) is 4.14. The van der Waals surface area contributed by atoms with Gasteiger partial charge in [0.05, 0.1) is 6.04 Å². The standard InChI is InChI=1S/C16H18FN7O4S/c1-8-15(10(3)28-20-8)29(26,27)21-9(2)16(25)18-12-5-6-13(17)14(7-12)24-11(4)19-22-23-24/h5-7,9,21H,1-4H3,(H,18,25)/t9-/m0/s1. The molecular weight excluding hydrogens is 405 g/mol. The summed E-state index contributed by atoms with van der Waals surface area (Å²) in [6, 6.07) is 2.69. The molecule has 11 nitrogen and oxygen atoms in total. The lowest BCUT2D eigenvalue weighted by Crippen LogP contribution is -2.41. The Hall–Kier alpha value is -3.19. The SMILES string of the molecule is Cc1noc(C)c1S(=O)(=O)N[C@@H](C)C(=O)Nc1ccc(F)c(-n2nnnc2C)c1. The van der Waals surface area contributed by atoms with Crippen molar-refractivity contribution in [1.29, 1.82) is 0 Å². The molecule has 1 amide bonds. The Morgan fingerprint density at radius 3 is 2.59 bits per heavy atom. The van der Waals surface area contributed by atoms with Crippen LogP contribution in [0.1, 0.15) is 24.2 Å². The van der Waals surface area contributed by atoms with Gasteiger partial charge in [0.25, 0.3) is 0 Å². The number of benzene rings is 1. The molecule has 0 aliphatic carbocycles. The Bertz CT molecular complexity index is 1150. The van der Waals surface area contributed by atoms with Gasteiger partial charge in [0.2, 0.25) is 15.9 Å². The van der Waals surface area contributed by atoms with Crippen molar-refractivity contribution in [2.45, 2.75) is 38.6 Å². The van der Waals surface area contributed by atoms with Crippen LogP contribution >= 0.6 is 0 Å². The van der Waals surface area contributed by atoms with E-state index in [2.05, 4.69) is 30.7 Å². The van der Waals surface area contributed by atoms with Gasteiger partial charge >= 0.3 is 0 Å². The molecule has 2 heterocycles. The normalized spacial score (nSPS) is 12.7. The molecule has 0 fully saturated rings. The third-order valence-corrected chi connectivity index (χ3v) is 5.81. The number of aromatic nitrogens is 5. The first kappa shape index (κ1) is 20.5. The van der Waals surface area contributed by atoms with Gasteiger partial charge in [-0.2, -0.15) is 9.40 Å². The van der Waals surface area contributed by atoms with Gasteiger partial charge in [-0.05, 0) is 56.3 Å². The predicted molar refractivity (Wildman–Crippen MR) is 98.2 cm³/mol. The highest BCUT2D eigenvalue weighted by Crippen LogP contribution is 2.21. The second-order valence-corrected chi connectivity index (χ2v) is 7.94. The minimum Gasteiger partial charge on any atom is -0.360 e. The predicted octanol–water partition coefficient (Wildman–Crippen LogP) is 1.02. The van der Waals surface area contributed by atoms with E-state index >= 15 is 0 Å². The molecule has 1 atom stereocenters. The number of nitrogens with one attached hydrogen (secondary N) is 2. The Morgan fingerprint density at radius 1 is 1.28 bits per heavy atom. The number of tetrazole rings is 1. The molecule has 0 spiro atoms. The highest BCUT2D eigenvalue weighted by atomic mass is 32.2. The Balaban J connectivity index is 1.78. The van der Waals surface area contributed by atoms with Crippen molar-refractivity contribution in [1.82, 2.24) is 30.1 Å². The number of aryl methyl sites for hydroxylation is 3. The van der Waals surface area contributed by atoms with Crippen molar-refractivity contribution in [2.75, 3.05) is 5.32 Å². The van der Waals surface area contributed by atoms with E-state index in [4.69, 9.17) is 4.52 Å². The third-order valence-electron chi connectivity index (χ3n) is 4.03. The monoisotopic (exact) mass is 423 g/mol. The molecule has 3 rings (SSSR count). The smallest absolute Gasteiger partial charge is 0.246 e. The molecule has 154 valence electrons. The van der Waals surface area contributed by atoms with Crippen LogP contribution in [-0.2, 0) is 14.8 Å². The Morgan fingerprint density at radius 2 is 2.00 bits per heavy atom. The van der Waals surface area contributed by atoms with Crippen molar-refractivity contribution in [3.63, 3.8) is 0 Å². The molecule has 0 aliphatic heterocycles. The number of hydrogen-bond acceptors (Lipinski definition) is 8. The summed E-state index contributed by atoms with van der Waals surface area (Å²) in [7, 11) is -4.03. The maximum absolute atomic E-state index is 14.1. The second kappa shape index (κ2) is 7.67. The number of amides is 1. The molecule has 2 aromatic heterocycles. The number of nitrogens with zero attached hydrogens (tertiary/aromatic N) is 5. The van der Waals surface area contributed by atoms with E-state index in [1.54, 1.807) is 6.92 Å². The van der Waals surface area contributed by atoms with Crippen molar-refractivity contribution in [2.24, 2.45) is 0 Å². The average molecular weight is 423 g/mol. The molecule has 0 saturated heterocycles. The van der Waals surface area contributed by atoms with Gasteiger partial charge in [-0.3, -0.25) is 4.79 Å². The quantitative estimate of drug-likeness (QED) is 0.598. The fourth-order valence-electron chi connectivity index (χ4n) is 2.66. The number of halogens is 1. The molecule has 1 aromatic carbocycles. The van der Waals surface area contributed by atoms with Crippen LogP contribution < -0.4 is 10.0 Å². The summed E-state index contributed by atoms with van der Waals surface area (Å²) in [5, 5.41) is 17.0. The summed E-state index contributed by atoms with van der Waals surface area (Å²) in [6.07, 6.45) is 0. The molecule has 0 bridgehead atoms. The van der Waals surface area contributed by atoms with Gasteiger partial charge < -0.3 is 9.84 Å². The van der Waals surface area contributed by atoms with E-state index in [1.807, 2.05) is 0 Å². The number of hydrogen-bond donors (Lipinski definition) is 2. The van der Waals surface area contributed by atoms with Gasteiger partial charge in [0.15, 0.2) is 11.6 Å². The van der Waals surface area contributed by atoms with Crippen molar-refractivity contribution in [3.8, 4) is 5.69 Å². The number of anilines is 1. The zero-order valence-electron chi connectivity index (χ0n) is 16.0. The second-order valence-electron chi connectivity index (χ2n) is 6.29. The molecule has 13 heteroatoms. The van der Waals surface area contributed by atoms with Gasteiger partial charge in [0, 0.05) is 5.69 Å². The minimum atomic E-state index is -4.03. The summed E-state index contributed by atoms with van der Waals surface area (Å²) < 4.78 is 47.5. The fourth-order valence-corrected chi connectivity index (χ4v) is 4.19. The summed E-state index contributed by atoms with van der Waals surface area (Å²) >= 11 is 0. The Labute approximate surface area is 165 Å². The van der Waals surface area contributed by atoms with E-state index < -0.39 is 27.8 Å². The van der Waals surface area contributed by atoms with Crippen LogP contribution in [0.25, 0.3) is 5.69 Å². The number of carbonyl (C=O) groups is 1. The fraction of sp³-hybridized carbons (Fsp3) is 0.312. The average Bonchev–Trinajstić information content (AvgIpc) is 3.21. The van der Waals surface area contributed by atoms with Crippen molar-refractivity contribution >= 4 is 21.6 Å². The molecule has 0 unspecified atom stereocenters. The molecular formula is C16H18FN7O4S. The first-order valence-corrected chi connectivity index (χ1v) is 9.89. The van der Waals surface area contributed by atoms with Crippen LogP contribution in [0.3, 0.4) is 0 Å². The summed E-state index contributed by atoms with van der Waals surface area (Å²) in [5.41, 5.74) is 0.460. The van der Waals surface area contributed by atoms with Crippen molar-refractivity contribution < 1.29 is 22.1 Å². The van der Waals surface area contributed by atoms with E-state index in [0.29, 0.717) is 5.82 Å². The summed E-state index contributed by atoms with van der Waals surface area (Å²) in [4.78, 5) is 12.3. The van der Waals surface area contributed by atoms with Crippen LogP contribution in [0.15, 0.2) is 27.6 Å². The molecule has 29 heavy (non-hydrogen) atoms. The maximum atomic E-state index is 14.1. The van der Waals surface area contributed by atoms with Crippen LogP contribution in [0, 0.1) is 26.6 Å². The Kier molecular flexibility index (Phi) is 5.44. The lowest BCUT2D eigenvalue weighted by Gasteiger charge is -2.15. The molecule has 0 saturated carbocycles. The van der Waals surface area contributed by atoms with Gasteiger partial charge in [0.1, 0.15) is 22.1 Å². The highest BCUT2D eigenvalue weighted by molar-refractivity contribution is 7.89. The van der Waals surface area contributed by atoms with E-state index in [-0.39, 0.29) is 27.7 Å². The topological polar surface area (TPSA) is 145 Å². The molecule has 0 radical (unpaired) electrons. The lowest BCUT2D eigenvalue weighted by molar-refractivity contribution is -0.117. The lowest BCUT2D eigenvalue weighted by atomic mass is 10.2. The minimum absolute atomic E-state index is 0.0363. The van der Waals surface area contributed by atoms with Crippen LogP contribution in [-0.4, -0.2) is 45.7 Å². The number of carbonyl (C=O) groups excluding carboxylic acids is 1. The largest absolute Gasteiger partial charge is 0.360 e. The van der Waals surface area contributed by atoms with E-state index in [9.17, 15) is 17.6 Å². The summed E-state index contributed by atoms with van der Waals surface area (Å²) in [6.45, 7) is 5.91. The van der Waals surface area contributed by atoms with Gasteiger partial charge in [-0.15, -0.1) is 5.10 Å². The van der Waals surface area contributed by atoms with Gasteiger partial charge in [-0.1, -0.05) is 5.16 Å². The number of sulfonamides is 1. The summed E-state index contributed by atoms with van der Waals surface area (Å²) in [5.74, 6) is -0.771. The van der Waals surface area contributed by atoms with Crippen LogP contribution in [0.2, 0.25) is 0 Å². The first-order chi connectivity index (χ1) is 13.6. The number of rotatable bonds is 6. The zero-order valence-corrected chi connectivity index (χ0v) is 16.8. The first-order valence-electron chi connectivity index (χ1n) is 8.41. The maximum Gasteiger partial charge on any atom is 0.246 e. The molecule has 2 N–H and O–H groups in total. The van der Waals surface area contributed by atoms with E-state index in [1.165, 1.54) is 37.6 Å². The van der Waals surface area contributed by atoms with E-state index in [0.717, 1.165) is 6.07 Å². The molecule has 3 aromatic rings. The molecule has 0 aliphatic rings. The van der Waals surface area contributed by atoms with Gasteiger partial charge in [-0.25, -0.2) is 12.8 Å². The van der Waals surface area contributed by atoms with Crippen molar-refractivity contribution in [3.05, 3.63) is 41.3 Å². The zero-order chi connectivity index (χ0) is 21.3. The van der Waals surface area contributed by atoms with Crippen LogP contribution in [0.4, 0.5) is 10.1 Å². The highest BCUT2D eigenvalue weighted by Gasteiger charge is 2.28. The van der Waals surface area contributed by atoms with Crippen LogP contribution in [0.5, 0.6) is 0 Å².